The van der Waals surface area contributed by atoms with E-state index in [-0.39, 0.29) is 0 Å². The fourth-order valence-electron chi connectivity index (χ4n) is 5.77. The average molecular weight is 570 g/mol. The first-order chi connectivity index (χ1) is 19.8. The van der Waals surface area contributed by atoms with E-state index in [0.717, 1.165) is 71.3 Å². The van der Waals surface area contributed by atoms with Gasteiger partial charge in [0.2, 0.25) is 0 Å². The van der Waals surface area contributed by atoms with Gasteiger partial charge in [0.1, 0.15) is 0 Å². The molecular weight excluding hydrogens is 529 g/mol. The maximum atomic E-state index is 5.83. The Balaban J connectivity index is 1.52. The summed E-state index contributed by atoms with van der Waals surface area (Å²) in [5.74, 6) is 0. The second-order valence-corrected chi connectivity index (χ2v) is 13.1. The van der Waals surface area contributed by atoms with Crippen LogP contribution in [0.15, 0.2) is 63.7 Å². The fraction of sp³-hybridized carbons (Fsp3) is 0.571. The first kappa shape index (κ1) is 27.8. The number of nitrogens with zero attached hydrogens (tertiary/aromatic N) is 7. The van der Waals surface area contributed by atoms with Crippen LogP contribution in [0.2, 0.25) is 0 Å². The van der Waals surface area contributed by atoms with E-state index in [1.807, 2.05) is 30.3 Å². The lowest BCUT2D eigenvalue weighted by molar-refractivity contribution is 0.0577. The standard InChI is InChI=1S/C28H40N7O4P/c1-2-4-25(5-3-1)29-30-31-40(34-12-20-38-21-13-34,35-14-22-39-23-15-35)28-7-6-26(32-8-16-36-17-9-32)24-27(28)33-10-18-37-19-11-33/h1-7,24H,8-23H2. The van der Waals surface area contributed by atoms with Crippen LogP contribution in [-0.4, -0.2) is 115 Å². The highest BCUT2D eigenvalue weighted by Gasteiger charge is 2.41. The van der Waals surface area contributed by atoms with Gasteiger partial charge < -0.3 is 28.7 Å². The highest BCUT2D eigenvalue weighted by atomic mass is 31.2. The molecule has 0 unspecified atom stereocenters. The molecule has 4 aliphatic rings. The molecule has 40 heavy (non-hydrogen) atoms. The highest BCUT2D eigenvalue weighted by molar-refractivity contribution is 7.69. The zero-order chi connectivity index (χ0) is 27.0. The van der Waals surface area contributed by atoms with Crippen LogP contribution in [0.5, 0.6) is 0 Å². The molecule has 0 amide bonds. The molecule has 4 saturated heterocycles. The summed E-state index contributed by atoms with van der Waals surface area (Å²) in [5.41, 5.74) is 3.24. The molecule has 12 heteroatoms. The predicted molar refractivity (Wildman–Crippen MR) is 157 cm³/mol. The monoisotopic (exact) mass is 569 g/mol. The van der Waals surface area contributed by atoms with Crippen molar-refractivity contribution < 1.29 is 18.9 Å². The van der Waals surface area contributed by atoms with E-state index >= 15 is 0 Å². The van der Waals surface area contributed by atoms with Crippen molar-refractivity contribution in [2.24, 2.45) is 15.2 Å². The minimum absolute atomic E-state index is 0.677. The molecule has 0 aliphatic carbocycles. The lowest BCUT2D eigenvalue weighted by Gasteiger charge is -2.47. The number of morpholine rings is 4. The van der Waals surface area contributed by atoms with Crippen molar-refractivity contribution in [2.45, 2.75) is 0 Å². The number of anilines is 2. The summed E-state index contributed by atoms with van der Waals surface area (Å²) in [4.78, 5) is 10.2. The number of ether oxygens (including phenoxy) is 4. The predicted octanol–water partition coefficient (Wildman–Crippen LogP) is 3.38. The van der Waals surface area contributed by atoms with Crippen molar-refractivity contribution in [2.75, 3.05) is 115 Å². The number of rotatable bonds is 7. The summed E-state index contributed by atoms with van der Waals surface area (Å²) < 4.78 is 28.1. The van der Waals surface area contributed by atoms with Crippen molar-refractivity contribution in [3.63, 3.8) is 0 Å². The van der Waals surface area contributed by atoms with E-state index in [1.165, 1.54) is 16.7 Å². The smallest absolute Gasteiger partial charge is 0.158 e. The zero-order valence-corrected chi connectivity index (χ0v) is 24.0. The van der Waals surface area contributed by atoms with Gasteiger partial charge in [0.05, 0.1) is 64.2 Å². The third kappa shape index (κ3) is 6.11. The van der Waals surface area contributed by atoms with Crippen LogP contribution in [0.3, 0.4) is 0 Å². The third-order valence-electron chi connectivity index (χ3n) is 7.86. The second-order valence-electron chi connectivity index (χ2n) is 10.2. The van der Waals surface area contributed by atoms with Gasteiger partial charge in [0.15, 0.2) is 7.36 Å². The Labute approximate surface area is 236 Å². The van der Waals surface area contributed by atoms with Gasteiger partial charge in [-0.1, -0.05) is 18.2 Å². The van der Waals surface area contributed by atoms with Crippen LogP contribution in [-0.2, 0) is 18.9 Å². The largest absolute Gasteiger partial charge is 0.379 e. The van der Waals surface area contributed by atoms with Gasteiger partial charge in [-0.25, -0.2) is 9.34 Å². The summed E-state index contributed by atoms with van der Waals surface area (Å²) in [6, 6.07) is 16.8. The van der Waals surface area contributed by atoms with E-state index in [0.29, 0.717) is 39.6 Å². The Morgan fingerprint density at radius 2 is 1.10 bits per heavy atom. The van der Waals surface area contributed by atoms with Crippen LogP contribution in [0.25, 0.3) is 0 Å². The Hall–Kier alpha value is -2.37. The Bertz CT molecular complexity index is 1150. The van der Waals surface area contributed by atoms with Crippen molar-refractivity contribution >= 4 is 29.7 Å². The Kier molecular flexibility index (Phi) is 9.40. The first-order valence-corrected chi connectivity index (χ1v) is 16.0. The van der Waals surface area contributed by atoms with Crippen LogP contribution < -0.4 is 15.1 Å². The topological polar surface area (TPSA) is 87.0 Å². The van der Waals surface area contributed by atoms with Gasteiger partial charge >= 0.3 is 0 Å². The average Bonchev–Trinajstić information content (AvgIpc) is 3.05. The lowest BCUT2D eigenvalue weighted by atomic mass is 10.2. The minimum atomic E-state index is -2.55. The molecule has 0 radical (unpaired) electrons. The molecule has 216 valence electrons. The van der Waals surface area contributed by atoms with Crippen molar-refractivity contribution in [1.82, 2.24) is 9.34 Å². The van der Waals surface area contributed by atoms with Crippen molar-refractivity contribution in [3.05, 3.63) is 48.5 Å². The number of hydrogen-bond donors (Lipinski definition) is 0. The van der Waals surface area contributed by atoms with Crippen molar-refractivity contribution in [3.8, 4) is 0 Å². The molecule has 2 aromatic carbocycles. The quantitative estimate of drug-likeness (QED) is 0.285. The summed E-state index contributed by atoms with van der Waals surface area (Å²) >= 11 is 0. The molecule has 6 rings (SSSR count). The number of benzene rings is 2. The van der Waals surface area contributed by atoms with Crippen molar-refractivity contribution in [1.29, 1.82) is 0 Å². The van der Waals surface area contributed by atoms with Crippen LogP contribution >= 0.6 is 7.36 Å². The molecule has 0 N–H and O–H groups in total. The van der Waals surface area contributed by atoms with Crippen LogP contribution in [0.4, 0.5) is 17.1 Å². The van der Waals surface area contributed by atoms with Gasteiger partial charge in [-0.2, -0.15) is 0 Å². The van der Waals surface area contributed by atoms with Gasteiger partial charge in [-0.3, -0.25) is 0 Å². The van der Waals surface area contributed by atoms with Crippen LogP contribution in [0.1, 0.15) is 0 Å². The fourth-order valence-corrected chi connectivity index (χ4v) is 9.44. The van der Waals surface area contributed by atoms with E-state index < -0.39 is 7.36 Å². The van der Waals surface area contributed by atoms with E-state index in [9.17, 15) is 0 Å². The molecule has 0 bridgehead atoms. The van der Waals surface area contributed by atoms with E-state index in [1.54, 1.807) is 0 Å². The Morgan fingerprint density at radius 3 is 1.68 bits per heavy atom. The molecular formula is C28H40N7O4P. The Morgan fingerprint density at radius 1 is 0.575 bits per heavy atom. The summed E-state index contributed by atoms with van der Waals surface area (Å²) in [5, 5.41) is 10.4. The van der Waals surface area contributed by atoms with E-state index in [2.05, 4.69) is 47.7 Å². The molecule has 0 aromatic heterocycles. The van der Waals surface area contributed by atoms with Gasteiger partial charge in [-0.15, -0.1) is 9.97 Å². The minimum Gasteiger partial charge on any atom is -0.379 e. The molecule has 4 fully saturated rings. The molecule has 0 atom stereocenters. The molecule has 0 saturated carbocycles. The normalized spacial score (nSPS) is 22.1. The van der Waals surface area contributed by atoms with Gasteiger partial charge in [-0.05, 0) is 35.6 Å². The third-order valence-corrected chi connectivity index (χ3v) is 11.6. The SMILES string of the molecule is c1ccc(N=NN=P(c2ccc(N3CCOCC3)cc2N2CCOCC2)(N2CCOCC2)N2CCOCC2)cc1. The van der Waals surface area contributed by atoms with E-state index in [4.69, 9.17) is 23.8 Å². The summed E-state index contributed by atoms with van der Waals surface area (Å²) in [6.45, 7) is 12.3. The molecule has 2 aromatic rings. The number of hydrogen-bond acceptors (Lipinski definition) is 7. The second kappa shape index (κ2) is 13.5. The van der Waals surface area contributed by atoms with Gasteiger partial charge in [0, 0.05) is 63.3 Å². The summed E-state index contributed by atoms with van der Waals surface area (Å²) in [7, 11) is -2.55. The molecule has 4 aliphatic heterocycles. The maximum absolute atomic E-state index is 5.83. The molecule has 11 nitrogen and oxygen atoms in total. The lowest BCUT2D eigenvalue weighted by Crippen LogP contribution is -2.48. The highest BCUT2D eigenvalue weighted by Crippen LogP contribution is 2.58. The maximum Gasteiger partial charge on any atom is 0.158 e. The van der Waals surface area contributed by atoms with Gasteiger partial charge in [0.25, 0.3) is 0 Å². The first-order valence-electron chi connectivity index (χ1n) is 14.4. The summed E-state index contributed by atoms with van der Waals surface area (Å²) in [6.07, 6.45) is 0. The van der Waals surface area contributed by atoms with Crippen LogP contribution in [0, 0.1) is 0 Å². The molecule has 0 spiro atoms. The zero-order valence-electron chi connectivity index (χ0n) is 23.1. The molecule has 4 heterocycles.